The fourth-order valence-corrected chi connectivity index (χ4v) is 2.52. The van der Waals surface area contributed by atoms with Crippen LogP contribution in [0.1, 0.15) is 13.8 Å². The van der Waals surface area contributed by atoms with Crippen molar-refractivity contribution < 1.29 is 9.59 Å². The maximum absolute atomic E-state index is 11.7. The summed E-state index contributed by atoms with van der Waals surface area (Å²) in [5, 5.41) is 6.34. The van der Waals surface area contributed by atoms with E-state index in [1.807, 2.05) is 13.8 Å². The van der Waals surface area contributed by atoms with Gasteiger partial charge in [-0.15, -0.1) is 0 Å². The summed E-state index contributed by atoms with van der Waals surface area (Å²) >= 11 is 7.08. The van der Waals surface area contributed by atoms with E-state index in [4.69, 9.17) is 11.6 Å². The number of nitrogens with one attached hydrogen (secondary N) is 3. The Labute approximate surface area is 136 Å². The van der Waals surface area contributed by atoms with Gasteiger partial charge in [-0.1, -0.05) is 23.4 Å². The van der Waals surface area contributed by atoms with Crippen molar-refractivity contribution in [1.82, 2.24) is 25.6 Å². The van der Waals surface area contributed by atoms with Gasteiger partial charge in [0.15, 0.2) is 10.8 Å². The molecule has 0 aliphatic heterocycles. The van der Waals surface area contributed by atoms with Gasteiger partial charge in [-0.25, -0.2) is 9.97 Å². The summed E-state index contributed by atoms with van der Waals surface area (Å²) in [6.45, 7) is 3.68. The number of aromatic amines is 1. The highest BCUT2D eigenvalue weighted by Crippen LogP contribution is 2.20. The molecule has 2 rings (SSSR count). The molecule has 2 amide bonds. The van der Waals surface area contributed by atoms with E-state index in [0.717, 1.165) is 0 Å². The average molecular weight is 342 g/mol. The molecule has 0 radical (unpaired) electrons. The zero-order valence-corrected chi connectivity index (χ0v) is 13.7. The number of imidazole rings is 1. The largest absolute Gasteiger partial charge is 0.352 e. The number of H-pyrrole nitrogens is 1. The van der Waals surface area contributed by atoms with Crippen LogP contribution >= 0.6 is 23.4 Å². The van der Waals surface area contributed by atoms with Crippen molar-refractivity contribution in [1.29, 1.82) is 0 Å². The van der Waals surface area contributed by atoms with Crippen LogP contribution < -0.4 is 10.6 Å². The summed E-state index contributed by atoms with van der Waals surface area (Å²) in [4.78, 5) is 34.4. The van der Waals surface area contributed by atoms with Crippen molar-refractivity contribution in [3.05, 3.63) is 17.3 Å². The number of hydrogen-bond acceptors (Lipinski definition) is 5. The Morgan fingerprint density at radius 3 is 2.91 bits per heavy atom. The van der Waals surface area contributed by atoms with Crippen LogP contribution in [0, 0.1) is 0 Å². The van der Waals surface area contributed by atoms with Crippen LogP contribution in [-0.4, -0.2) is 45.1 Å². The molecule has 0 saturated carbocycles. The van der Waals surface area contributed by atoms with Crippen molar-refractivity contribution in [2.24, 2.45) is 0 Å². The van der Waals surface area contributed by atoms with E-state index in [1.54, 1.807) is 6.07 Å². The Balaban J connectivity index is 1.81. The minimum Gasteiger partial charge on any atom is -0.352 e. The zero-order chi connectivity index (χ0) is 16.1. The molecule has 118 valence electrons. The lowest BCUT2D eigenvalue weighted by molar-refractivity contribution is -0.125. The van der Waals surface area contributed by atoms with Crippen LogP contribution in [0.25, 0.3) is 11.2 Å². The Morgan fingerprint density at radius 1 is 1.41 bits per heavy atom. The second kappa shape index (κ2) is 7.46. The Bertz CT molecular complexity index is 688. The molecule has 0 aromatic carbocycles. The molecule has 2 heterocycles. The van der Waals surface area contributed by atoms with Crippen LogP contribution in [0.15, 0.2) is 17.4 Å². The molecule has 0 bridgehead atoms. The van der Waals surface area contributed by atoms with Crippen molar-refractivity contribution in [2.75, 3.05) is 12.3 Å². The minimum atomic E-state index is -0.240. The molecule has 0 spiro atoms. The quantitative estimate of drug-likeness (QED) is 0.689. The molecule has 7 nitrogen and oxygen atoms in total. The van der Waals surface area contributed by atoms with Crippen LogP contribution in [-0.2, 0) is 9.59 Å². The van der Waals surface area contributed by atoms with Crippen molar-refractivity contribution in [3.63, 3.8) is 0 Å². The lowest BCUT2D eigenvalue weighted by atomic mass is 10.4. The molecular weight excluding hydrogens is 326 g/mol. The van der Waals surface area contributed by atoms with Gasteiger partial charge in [-0.3, -0.25) is 9.59 Å². The Hall–Kier alpha value is -1.80. The maximum Gasteiger partial charge on any atom is 0.239 e. The van der Waals surface area contributed by atoms with Crippen LogP contribution in [0.3, 0.4) is 0 Å². The van der Waals surface area contributed by atoms with E-state index < -0.39 is 0 Å². The van der Waals surface area contributed by atoms with Crippen LogP contribution in [0.2, 0.25) is 5.02 Å². The molecule has 0 aliphatic carbocycles. The number of amides is 2. The smallest absolute Gasteiger partial charge is 0.239 e. The highest BCUT2D eigenvalue weighted by atomic mass is 35.5. The van der Waals surface area contributed by atoms with Gasteiger partial charge in [-0.2, -0.15) is 0 Å². The first-order chi connectivity index (χ1) is 10.4. The predicted octanol–water partition coefficient (Wildman–Crippen LogP) is 1.34. The summed E-state index contributed by atoms with van der Waals surface area (Å²) in [6.07, 6.45) is 1.51. The second-order valence-corrected chi connectivity index (χ2v) is 6.25. The van der Waals surface area contributed by atoms with Crippen LogP contribution in [0.4, 0.5) is 0 Å². The lowest BCUT2D eigenvalue weighted by Gasteiger charge is -2.08. The molecule has 0 unspecified atom stereocenters. The fourth-order valence-electron chi connectivity index (χ4n) is 1.66. The normalized spacial score (nSPS) is 10.9. The van der Waals surface area contributed by atoms with Gasteiger partial charge in [0.1, 0.15) is 0 Å². The first-order valence-corrected chi connectivity index (χ1v) is 8.00. The first-order valence-electron chi connectivity index (χ1n) is 6.64. The van der Waals surface area contributed by atoms with Crippen molar-refractivity contribution in [3.8, 4) is 0 Å². The van der Waals surface area contributed by atoms with Crippen molar-refractivity contribution in [2.45, 2.75) is 25.0 Å². The van der Waals surface area contributed by atoms with Gasteiger partial charge in [0, 0.05) is 12.2 Å². The topological polar surface area (TPSA) is 99.8 Å². The van der Waals surface area contributed by atoms with Crippen LogP contribution in [0.5, 0.6) is 0 Å². The van der Waals surface area contributed by atoms with E-state index in [1.165, 1.54) is 18.0 Å². The molecule has 0 fully saturated rings. The summed E-state index contributed by atoms with van der Waals surface area (Å²) in [6, 6.07) is 1.77. The van der Waals surface area contributed by atoms with E-state index in [0.29, 0.717) is 21.3 Å². The van der Waals surface area contributed by atoms with Gasteiger partial charge >= 0.3 is 0 Å². The van der Waals surface area contributed by atoms with Gasteiger partial charge in [0.25, 0.3) is 0 Å². The molecule has 22 heavy (non-hydrogen) atoms. The highest BCUT2D eigenvalue weighted by Gasteiger charge is 2.10. The number of carbonyl (C=O) groups excluding carboxylic acids is 2. The Kier molecular flexibility index (Phi) is 5.62. The molecule has 0 saturated heterocycles. The SMILES string of the molecule is CC(C)NC(=O)CNC(=O)CSc1nc2ncc(Cl)cc2[nH]1. The van der Waals surface area contributed by atoms with Crippen molar-refractivity contribution >= 4 is 46.3 Å². The number of rotatable bonds is 6. The number of aromatic nitrogens is 3. The third-order valence-corrected chi connectivity index (χ3v) is 3.60. The number of fused-ring (bicyclic) bond motifs is 1. The predicted molar refractivity (Wildman–Crippen MR) is 85.9 cm³/mol. The van der Waals surface area contributed by atoms with E-state index >= 15 is 0 Å². The third kappa shape index (κ3) is 4.88. The summed E-state index contributed by atoms with van der Waals surface area (Å²) < 4.78 is 0. The first kappa shape index (κ1) is 16.6. The standard InChI is InChI=1S/C13H16ClN5O2S/c1-7(2)17-10(20)5-15-11(21)6-22-13-18-9-3-8(14)4-16-12(9)19-13/h3-4,7H,5-6H2,1-2H3,(H,15,21)(H,17,20)(H,16,18,19). The number of nitrogens with zero attached hydrogens (tertiary/aromatic N) is 2. The summed E-state index contributed by atoms with van der Waals surface area (Å²) in [7, 11) is 0. The number of thioether (sulfide) groups is 1. The molecule has 9 heteroatoms. The van der Waals surface area contributed by atoms with Gasteiger partial charge in [0.2, 0.25) is 11.8 Å². The molecule has 3 N–H and O–H groups in total. The average Bonchev–Trinajstić information content (AvgIpc) is 2.84. The second-order valence-electron chi connectivity index (χ2n) is 4.85. The van der Waals surface area contributed by atoms with Gasteiger partial charge < -0.3 is 15.6 Å². The number of carbonyl (C=O) groups is 2. The molecule has 2 aromatic rings. The molecular formula is C13H16ClN5O2S. The monoisotopic (exact) mass is 341 g/mol. The zero-order valence-electron chi connectivity index (χ0n) is 12.1. The minimum absolute atomic E-state index is 0.0329. The fraction of sp³-hybridized carbons (Fsp3) is 0.385. The molecule has 2 aromatic heterocycles. The third-order valence-electron chi connectivity index (χ3n) is 2.52. The maximum atomic E-state index is 11.7. The lowest BCUT2D eigenvalue weighted by Crippen LogP contribution is -2.40. The van der Waals surface area contributed by atoms with Gasteiger partial charge in [-0.05, 0) is 19.9 Å². The number of halogens is 1. The molecule has 0 atom stereocenters. The summed E-state index contributed by atoms with van der Waals surface area (Å²) in [5.41, 5.74) is 1.26. The van der Waals surface area contributed by atoms with E-state index in [9.17, 15) is 9.59 Å². The summed E-state index contributed by atoms with van der Waals surface area (Å²) in [5.74, 6) is -0.297. The Morgan fingerprint density at radius 2 is 2.18 bits per heavy atom. The van der Waals surface area contributed by atoms with E-state index in [-0.39, 0.29) is 30.2 Å². The van der Waals surface area contributed by atoms with E-state index in [2.05, 4.69) is 25.6 Å². The van der Waals surface area contributed by atoms with Gasteiger partial charge in [0.05, 0.1) is 22.8 Å². The highest BCUT2D eigenvalue weighted by molar-refractivity contribution is 7.99. The molecule has 0 aliphatic rings. The number of hydrogen-bond donors (Lipinski definition) is 3. The number of pyridine rings is 1.